The van der Waals surface area contributed by atoms with Gasteiger partial charge in [-0.3, -0.25) is 4.79 Å². The van der Waals surface area contributed by atoms with Crippen LogP contribution in [0, 0.1) is 5.41 Å². The van der Waals surface area contributed by atoms with Gasteiger partial charge >= 0.3 is 18.2 Å². The van der Waals surface area contributed by atoms with Crippen LogP contribution in [0.5, 0.6) is 0 Å². The molecule has 0 aromatic heterocycles. The van der Waals surface area contributed by atoms with Gasteiger partial charge in [0, 0.05) is 19.6 Å². The molecule has 0 spiro atoms. The van der Waals surface area contributed by atoms with Gasteiger partial charge in [0.25, 0.3) is 0 Å². The molecule has 1 rings (SSSR count). The van der Waals surface area contributed by atoms with Crippen LogP contribution in [0.4, 0.5) is 18.0 Å². The zero-order valence-corrected chi connectivity index (χ0v) is 11.7. The molecule has 0 aliphatic carbocycles. The van der Waals surface area contributed by atoms with Gasteiger partial charge in [-0.15, -0.1) is 0 Å². The number of carboxylic acids is 1. The number of aliphatic carboxylic acids is 1. The molecule has 0 bridgehead atoms. The van der Waals surface area contributed by atoms with E-state index in [1.165, 1.54) is 4.90 Å². The molecular weight excluding hydrogens is 293 g/mol. The molecule has 6 nitrogen and oxygen atoms in total. The van der Waals surface area contributed by atoms with Crippen molar-refractivity contribution in [3.63, 3.8) is 0 Å². The molecule has 1 atom stereocenters. The lowest BCUT2D eigenvalue weighted by molar-refractivity contribution is -0.173. The van der Waals surface area contributed by atoms with Gasteiger partial charge in [-0.25, -0.2) is 4.79 Å². The highest BCUT2D eigenvalue weighted by Gasteiger charge is 2.39. The van der Waals surface area contributed by atoms with E-state index in [2.05, 4.69) is 10.1 Å². The van der Waals surface area contributed by atoms with Gasteiger partial charge in [0.05, 0.1) is 12.0 Å². The van der Waals surface area contributed by atoms with Crippen LogP contribution in [0.15, 0.2) is 0 Å². The highest BCUT2D eigenvalue weighted by molar-refractivity contribution is 5.78. The molecule has 122 valence electrons. The van der Waals surface area contributed by atoms with Gasteiger partial charge in [-0.05, 0) is 19.8 Å². The summed E-state index contributed by atoms with van der Waals surface area (Å²) < 4.78 is 39.8. The van der Waals surface area contributed by atoms with Crippen molar-refractivity contribution in [1.82, 2.24) is 10.2 Å². The van der Waals surface area contributed by atoms with Gasteiger partial charge in [0.15, 0.2) is 0 Å². The Hall–Kier alpha value is -1.51. The molecule has 0 aromatic carbocycles. The molecule has 21 heavy (non-hydrogen) atoms. The number of hydrogen-bond donors (Lipinski definition) is 2. The lowest BCUT2D eigenvalue weighted by Gasteiger charge is -2.37. The Morgan fingerprint density at radius 1 is 1.43 bits per heavy atom. The number of hydrogen-bond acceptors (Lipinski definition) is 3. The second-order valence-electron chi connectivity index (χ2n) is 5.29. The Bertz CT molecular complexity index is 389. The van der Waals surface area contributed by atoms with E-state index >= 15 is 0 Å². The maximum absolute atomic E-state index is 11.8. The first-order valence-electron chi connectivity index (χ1n) is 6.55. The largest absolute Gasteiger partial charge is 0.481 e. The van der Waals surface area contributed by atoms with Gasteiger partial charge in [0.1, 0.15) is 6.61 Å². The van der Waals surface area contributed by atoms with Crippen molar-refractivity contribution >= 4 is 12.0 Å². The van der Waals surface area contributed by atoms with Crippen molar-refractivity contribution in [3.05, 3.63) is 0 Å². The fourth-order valence-electron chi connectivity index (χ4n) is 2.12. The van der Waals surface area contributed by atoms with E-state index in [1.807, 2.05) is 0 Å². The number of ether oxygens (including phenoxy) is 1. The van der Waals surface area contributed by atoms with E-state index in [0.29, 0.717) is 19.4 Å². The van der Waals surface area contributed by atoms with Gasteiger partial charge < -0.3 is 20.1 Å². The fourth-order valence-corrected chi connectivity index (χ4v) is 2.12. The van der Waals surface area contributed by atoms with E-state index in [1.54, 1.807) is 6.92 Å². The van der Waals surface area contributed by atoms with Crippen LogP contribution in [-0.2, 0) is 9.53 Å². The van der Waals surface area contributed by atoms with Crippen molar-refractivity contribution in [3.8, 4) is 0 Å². The number of rotatable bonds is 5. The number of urea groups is 1. The van der Waals surface area contributed by atoms with Crippen LogP contribution in [0.3, 0.4) is 0 Å². The van der Waals surface area contributed by atoms with Crippen LogP contribution in [0.25, 0.3) is 0 Å². The lowest BCUT2D eigenvalue weighted by atomic mass is 9.82. The molecule has 0 saturated carbocycles. The Labute approximate surface area is 120 Å². The predicted molar refractivity (Wildman–Crippen MR) is 66.8 cm³/mol. The summed E-state index contributed by atoms with van der Waals surface area (Å²) in [5.74, 6) is -0.964. The number of alkyl halides is 3. The number of likely N-dealkylation sites (tertiary alicyclic amines) is 1. The Balaban J connectivity index is 2.31. The average Bonchev–Trinajstić information content (AvgIpc) is 2.36. The number of carbonyl (C=O) groups excluding carboxylic acids is 1. The Kier molecular flexibility index (Phi) is 5.82. The number of nitrogens with zero attached hydrogens (tertiary/aromatic N) is 1. The summed E-state index contributed by atoms with van der Waals surface area (Å²) in [4.78, 5) is 24.3. The molecule has 1 aliphatic rings. The third-order valence-corrected chi connectivity index (χ3v) is 3.29. The minimum absolute atomic E-state index is 0.0603. The van der Waals surface area contributed by atoms with Crippen molar-refractivity contribution < 1.29 is 32.6 Å². The molecule has 0 radical (unpaired) electrons. The lowest BCUT2D eigenvalue weighted by Crippen LogP contribution is -2.51. The Morgan fingerprint density at radius 2 is 2.10 bits per heavy atom. The maximum atomic E-state index is 11.8. The molecule has 1 aliphatic heterocycles. The first-order valence-corrected chi connectivity index (χ1v) is 6.55. The quantitative estimate of drug-likeness (QED) is 0.753. The molecule has 1 unspecified atom stereocenters. The molecule has 1 heterocycles. The standard InChI is InChI=1S/C12H19F3N2O4/c1-11(9(18)19)3-2-5-17(7-11)10(20)16-4-6-21-8-12(13,14)15/h2-8H2,1H3,(H,16,20)(H,18,19). The van der Waals surface area contributed by atoms with Crippen LogP contribution in [-0.4, -0.2) is 61.0 Å². The zero-order chi connectivity index (χ0) is 16.1. The third kappa shape index (κ3) is 5.78. The van der Waals surface area contributed by atoms with E-state index in [0.717, 1.165) is 0 Å². The predicted octanol–water partition coefficient (Wildman–Crippen LogP) is 1.46. The topological polar surface area (TPSA) is 78.9 Å². The molecular formula is C12H19F3N2O4. The van der Waals surface area contributed by atoms with Gasteiger partial charge in [0.2, 0.25) is 0 Å². The first-order chi connectivity index (χ1) is 9.64. The highest BCUT2D eigenvalue weighted by Crippen LogP contribution is 2.29. The van der Waals surface area contributed by atoms with Crippen molar-refractivity contribution in [1.29, 1.82) is 0 Å². The average molecular weight is 312 g/mol. The third-order valence-electron chi connectivity index (χ3n) is 3.29. The fraction of sp³-hybridized carbons (Fsp3) is 0.833. The Morgan fingerprint density at radius 3 is 2.67 bits per heavy atom. The maximum Gasteiger partial charge on any atom is 0.411 e. The summed E-state index contributed by atoms with van der Waals surface area (Å²) in [5.41, 5.74) is -0.984. The highest BCUT2D eigenvalue weighted by atomic mass is 19.4. The summed E-state index contributed by atoms with van der Waals surface area (Å²) in [6, 6.07) is -0.488. The number of piperidine rings is 1. The van der Waals surface area contributed by atoms with E-state index in [4.69, 9.17) is 5.11 Å². The smallest absolute Gasteiger partial charge is 0.411 e. The summed E-state index contributed by atoms with van der Waals surface area (Å²) in [6.07, 6.45) is -3.33. The number of carboxylic acid groups (broad SMARTS) is 1. The summed E-state index contributed by atoms with van der Waals surface area (Å²) in [5, 5.41) is 11.6. The molecule has 1 saturated heterocycles. The van der Waals surface area contributed by atoms with Crippen molar-refractivity contribution in [2.75, 3.05) is 32.8 Å². The first kappa shape index (κ1) is 17.5. The van der Waals surface area contributed by atoms with Crippen LogP contribution in [0.1, 0.15) is 19.8 Å². The monoisotopic (exact) mass is 312 g/mol. The van der Waals surface area contributed by atoms with Crippen LogP contribution >= 0.6 is 0 Å². The molecule has 1 fully saturated rings. The van der Waals surface area contributed by atoms with Crippen LogP contribution < -0.4 is 5.32 Å². The normalized spacial score (nSPS) is 23.0. The van der Waals surface area contributed by atoms with Crippen molar-refractivity contribution in [2.24, 2.45) is 5.41 Å². The second kappa shape index (κ2) is 6.97. The van der Waals surface area contributed by atoms with E-state index < -0.39 is 30.2 Å². The second-order valence-corrected chi connectivity index (χ2v) is 5.29. The SMILES string of the molecule is CC1(C(=O)O)CCCN(C(=O)NCCOCC(F)(F)F)C1. The number of amides is 2. The molecule has 9 heteroatoms. The zero-order valence-electron chi connectivity index (χ0n) is 11.7. The summed E-state index contributed by atoms with van der Waals surface area (Å²) in [6.45, 7) is 0.408. The van der Waals surface area contributed by atoms with Gasteiger partial charge in [-0.2, -0.15) is 13.2 Å². The molecule has 2 N–H and O–H groups in total. The summed E-state index contributed by atoms with van der Waals surface area (Å²) >= 11 is 0. The summed E-state index contributed by atoms with van der Waals surface area (Å²) in [7, 11) is 0. The molecule has 2 amide bonds. The minimum Gasteiger partial charge on any atom is -0.481 e. The molecule has 0 aromatic rings. The van der Waals surface area contributed by atoms with E-state index in [-0.39, 0.29) is 19.7 Å². The van der Waals surface area contributed by atoms with Crippen LogP contribution in [0.2, 0.25) is 0 Å². The van der Waals surface area contributed by atoms with Gasteiger partial charge in [-0.1, -0.05) is 0 Å². The van der Waals surface area contributed by atoms with Crippen molar-refractivity contribution in [2.45, 2.75) is 25.9 Å². The van der Waals surface area contributed by atoms with E-state index in [9.17, 15) is 22.8 Å². The minimum atomic E-state index is -4.39. The number of nitrogens with one attached hydrogen (secondary N) is 1. The number of halogens is 3. The number of carbonyl (C=O) groups is 2.